The number of ether oxygens (including phenoxy) is 1. The first-order valence-electron chi connectivity index (χ1n) is 9.53. The highest BCUT2D eigenvalue weighted by atomic mass is 32.1. The summed E-state index contributed by atoms with van der Waals surface area (Å²) in [5.74, 6) is -0.0270. The highest BCUT2D eigenvalue weighted by Crippen LogP contribution is 2.17. The average molecular weight is 460 g/mol. The Balaban J connectivity index is 1.92. The third kappa shape index (κ3) is 4.39. The standard InChI is InChI=1S/C24H17N3O3S2/c1-30-18-10-5-7-16(13-18)26-22(28)20(15-25)24-27(17-8-3-2-4-9-17)23(29)21(32-24)14-19-11-6-12-31-19/h2-14H,1H3,(H,26,28)/b21-14+,24-20+. The van der Waals surface area contributed by atoms with Crippen LogP contribution < -0.4 is 24.8 Å². The molecule has 158 valence electrons. The molecule has 0 aliphatic heterocycles. The van der Waals surface area contributed by atoms with Crippen molar-refractivity contribution in [2.24, 2.45) is 0 Å². The normalized spacial score (nSPS) is 12.2. The van der Waals surface area contributed by atoms with Gasteiger partial charge in [0.05, 0.1) is 17.3 Å². The summed E-state index contributed by atoms with van der Waals surface area (Å²) in [5, 5.41) is 14.5. The number of anilines is 1. The van der Waals surface area contributed by atoms with Crippen LogP contribution in [-0.2, 0) is 4.79 Å². The van der Waals surface area contributed by atoms with Crippen LogP contribution in [0, 0.1) is 11.3 Å². The van der Waals surface area contributed by atoms with Gasteiger partial charge in [-0.3, -0.25) is 14.2 Å². The van der Waals surface area contributed by atoms with E-state index in [9.17, 15) is 14.9 Å². The fourth-order valence-electron chi connectivity index (χ4n) is 3.05. The van der Waals surface area contributed by atoms with Crippen LogP contribution in [0.5, 0.6) is 5.75 Å². The predicted molar refractivity (Wildman–Crippen MR) is 128 cm³/mol. The Labute approximate surface area is 191 Å². The maximum Gasteiger partial charge on any atom is 0.273 e. The fraction of sp³-hybridized carbons (Fsp3) is 0.0417. The highest BCUT2D eigenvalue weighted by Gasteiger charge is 2.17. The molecule has 4 aromatic rings. The maximum absolute atomic E-state index is 13.3. The summed E-state index contributed by atoms with van der Waals surface area (Å²) >= 11 is 2.62. The van der Waals surface area contributed by atoms with Crippen molar-refractivity contribution in [3.63, 3.8) is 0 Å². The number of amides is 1. The first-order chi connectivity index (χ1) is 15.6. The summed E-state index contributed by atoms with van der Waals surface area (Å²) in [6, 6.07) is 21.6. The number of methoxy groups -OCH3 is 1. The zero-order valence-corrected chi connectivity index (χ0v) is 18.6. The van der Waals surface area contributed by atoms with E-state index >= 15 is 0 Å². The topological polar surface area (TPSA) is 84.1 Å². The number of nitriles is 1. The molecule has 0 atom stereocenters. The largest absolute Gasteiger partial charge is 0.497 e. The van der Waals surface area contributed by atoms with E-state index in [0.717, 1.165) is 16.2 Å². The van der Waals surface area contributed by atoms with Crippen LogP contribution in [0.2, 0.25) is 0 Å². The average Bonchev–Trinajstić information content (AvgIpc) is 3.43. The highest BCUT2D eigenvalue weighted by molar-refractivity contribution is 7.11. The Bertz CT molecular complexity index is 1480. The number of hydrogen-bond acceptors (Lipinski definition) is 6. The summed E-state index contributed by atoms with van der Waals surface area (Å²) in [7, 11) is 1.53. The van der Waals surface area contributed by atoms with Gasteiger partial charge >= 0.3 is 0 Å². The van der Waals surface area contributed by atoms with Crippen molar-refractivity contribution in [2.75, 3.05) is 12.4 Å². The van der Waals surface area contributed by atoms with Gasteiger partial charge in [-0.25, -0.2) is 0 Å². The number of nitrogens with zero attached hydrogens (tertiary/aromatic N) is 2. The molecule has 4 rings (SSSR count). The van der Waals surface area contributed by atoms with E-state index in [2.05, 4.69) is 5.32 Å². The van der Waals surface area contributed by atoms with Crippen LogP contribution in [0.4, 0.5) is 5.69 Å². The number of thiophene rings is 1. The number of para-hydroxylation sites is 1. The molecule has 1 N–H and O–H groups in total. The van der Waals surface area contributed by atoms with Crippen LogP contribution >= 0.6 is 22.7 Å². The number of rotatable bonds is 5. The second kappa shape index (κ2) is 9.47. The summed E-state index contributed by atoms with van der Waals surface area (Å²) in [6.45, 7) is 0. The van der Waals surface area contributed by atoms with E-state index in [1.807, 2.05) is 29.6 Å². The molecule has 0 saturated carbocycles. The van der Waals surface area contributed by atoms with Crippen molar-refractivity contribution in [1.82, 2.24) is 4.57 Å². The fourth-order valence-corrected chi connectivity index (χ4v) is 4.88. The van der Waals surface area contributed by atoms with Gasteiger partial charge in [-0.2, -0.15) is 5.26 Å². The number of benzene rings is 2. The summed E-state index contributed by atoms with van der Waals surface area (Å²) in [4.78, 5) is 27.2. The minimum absolute atomic E-state index is 0.149. The molecule has 0 unspecified atom stereocenters. The van der Waals surface area contributed by atoms with Crippen LogP contribution in [0.15, 0.2) is 76.9 Å². The minimum Gasteiger partial charge on any atom is -0.497 e. The second-order valence-electron chi connectivity index (χ2n) is 6.58. The van der Waals surface area contributed by atoms with Crippen molar-refractivity contribution in [3.05, 3.63) is 96.5 Å². The third-order valence-corrected chi connectivity index (χ3v) is 6.45. The first kappa shape index (κ1) is 21.3. The summed E-state index contributed by atoms with van der Waals surface area (Å²) in [6.07, 6.45) is 1.77. The number of carbonyl (C=O) groups excluding carboxylic acids is 1. The molecular formula is C24H17N3O3S2. The van der Waals surface area contributed by atoms with Gasteiger partial charge in [-0.05, 0) is 41.8 Å². The zero-order valence-electron chi connectivity index (χ0n) is 16.9. The minimum atomic E-state index is -0.602. The zero-order chi connectivity index (χ0) is 22.5. The molecule has 0 aliphatic rings. The molecule has 2 aromatic carbocycles. The van der Waals surface area contributed by atoms with Gasteiger partial charge < -0.3 is 10.1 Å². The van der Waals surface area contributed by atoms with Crippen molar-refractivity contribution in [3.8, 4) is 17.5 Å². The Kier molecular flexibility index (Phi) is 6.31. The molecule has 8 heteroatoms. The van der Waals surface area contributed by atoms with E-state index in [4.69, 9.17) is 4.74 Å². The lowest BCUT2D eigenvalue weighted by Crippen LogP contribution is -2.32. The number of carbonyl (C=O) groups is 1. The molecule has 2 aromatic heterocycles. The summed E-state index contributed by atoms with van der Waals surface area (Å²) in [5.41, 5.74) is 0.630. The molecule has 0 aliphatic carbocycles. The van der Waals surface area contributed by atoms with Gasteiger partial charge in [0.1, 0.15) is 16.5 Å². The number of aromatic nitrogens is 1. The molecule has 2 heterocycles. The molecule has 6 nitrogen and oxygen atoms in total. The van der Waals surface area contributed by atoms with E-state index in [0.29, 0.717) is 21.7 Å². The lowest BCUT2D eigenvalue weighted by Gasteiger charge is -2.07. The summed E-state index contributed by atoms with van der Waals surface area (Å²) < 4.78 is 7.30. The van der Waals surface area contributed by atoms with Gasteiger partial charge in [-0.1, -0.05) is 30.3 Å². The SMILES string of the molecule is COc1cccc(NC(=O)/C(C#N)=c2/s/c(=C/c3cccs3)c(=O)n2-c2ccccc2)c1. The van der Waals surface area contributed by atoms with Crippen molar-refractivity contribution >= 4 is 45.9 Å². The van der Waals surface area contributed by atoms with Crippen molar-refractivity contribution in [1.29, 1.82) is 5.26 Å². The van der Waals surface area contributed by atoms with Crippen LogP contribution in [0.1, 0.15) is 4.88 Å². The second-order valence-corrected chi connectivity index (χ2v) is 8.59. The molecular weight excluding hydrogens is 442 g/mol. The van der Waals surface area contributed by atoms with E-state index < -0.39 is 5.91 Å². The van der Waals surface area contributed by atoms with Crippen LogP contribution in [0.3, 0.4) is 0 Å². The van der Waals surface area contributed by atoms with Crippen molar-refractivity contribution in [2.45, 2.75) is 0 Å². The van der Waals surface area contributed by atoms with Gasteiger partial charge in [0, 0.05) is 16.6 Å². The van der Waals surface area contributed by atoms with Gasteiger partial charge in [0.15, 0.2) is 5.57 Å². The lowest BCUT2D eigenvalue weighted by atomic mass is 10.2. The first-order valence-corrected chi connectivity index (χ1v) is 11.2. The van der Waals surface area contributed by atoms with Gasteiger partial charge in [0.2, 0.25) is 0 Å². The maximum atomic E-state index is 13.3. The number of thiazole rings is 1. The Morgan fingerprint density at radius 3 is 2.62 bits per heavy atom. The molecule has 0 fully saturated rings. The molecule has 0 spiro atoms. The monoisotopic (exact) mass is 459 g/mol. The predicted octanol–water partition coefficient (Wildman–Crippen LogP) is 3.11. The van der Waals surface area contributed by atoms with Crippen LogP contribution in [-0.4, -0.2) is 17.6 Å². The van der Waals surface area contributed by atoms with E-state index in [1.165, 1.54) is 23.0 Å². The Morgan fingerprint density at radius 1 is 1.12 bits per heavy atom. The smallest absolute Gasteiger partial charge is 0.273 e. The van der Waals surface area contributed by atoms with Gasteiger partial charge in [0.25, 0.3) is 11.5 Å². The Hall–Kier alpha value is -3.93. The lowest BCUT2D eigenvalue weighted by molar-refractivity contribution is -0.111. The molecule has 0 radical (unpaired) electrons. The van der Waals surface area contributed by atoms with Crippen LogP contribution in [0.25, 0.3) is 17.3 Å². The van der Waals surface area contributed by atoms with Crippen molar-refractivity contribution < 1.29 is 9.53 Å². The molecule has 1 amide bonds. The third-order valence-electron chi connectivity index (χ3n) is 4.53. The molecule has 0 bridgehead atoms. The molecule has 0 saturated heterocycles. The quantitative estimate of drug-likeness (QED) is 0.497. The van der Waals surface area contributed by atoms with E-state index in [-0.39, 0.29) is 15.8 Å². The Morgan fingerprint density at radius 2 is 1.94 bits per heavy atom. The van der Waals surface area contributed by atoms with Gasteiger partial charge in [-0.15, -0.1) is 22.7 Å². The number of nitrogens with one attached hydrogen (secondary N) is 1. The number of hydrogen-bond donors (Lipinski definition) is 1. The van der Waals surface area contributed by atoms with E-state index in [1.54, 1.807) is 54.6 Å². The molecule has 32 heavy (non-hydrogen) atoms.